The predicted octanol–water partition coefficient (Wildman–Crippen LogP) is 5.12. The van der Waals surface area contributed by atoms with Crippen molar-refractivity contribution in [3.8, 4) is 11.4 Å². The lowest BCUT2D eigenvalue weighted by molar-refractivity contribution is 0.0551. The highest BCUT2D eigenvalue weighted by atomic mass is 35.5. The summed E-state index contributed by atoms with van der Waals surface area (Å²) in [5.74, 6) is -0.0747. The quantitative estimate of drug-likeness (QED) is 0.472. The summed E-state index contributed by atoms with van der Waals surface area (Å²) in [5.41, 5.74) is 1.75. The van der Waals surface area contributed by atoms with E-state index in [4.69, 9.17) is 11.6 Å². The van der Waals surface area contributed by atoms with Crippen LogP contribution in [-0.2, 0) is 11.1 Å². The average molecular weight is 352 g/mol. The van der Waals surface area contributed by atoms with Gasteiger partial charge in [0.15, 0.2) is 0 Å². The van der Waals surface area contributed by atoms with E-state index in [1.807, 2.05) is 30.3 Å². The normalized spacial score (nSPS) is 11.6. The van der Waals surface area contributed by atoms with Crippen LogP contribution in [0.3, 0.4) is 0 Å². The van der Waals surface area contributed by atoms with Crippen molar-refractivity contribution < 1.29 is 13.3 Å². The number of aromatic nitrogens is 2. The second-order valence-electron chi connectivity index (χ2n) is 4.64. The van der Waals surface area contributed by atoms with Crippen LogP contribution in [0.5, 0.6) is 0 Å². The van der Waals surface area contributed by atoms with Crippen LogP contribution in [0.4, 0.5) is 8.78 Å². The first-order valence-electron chi connectivity index (χ1n) is 6.62. The Morgan fingerprint density at radius 1 is 1.22 bits per heavy atom. The van der Waals surface area contributed by atoms with Crippen molar-refractivity contribution in [2.24, 2.45) is 0 Å². The zero-order chi connectivity index (χ0) is 16.3. The zero-order valence-corrected chi connectivity index (χ0v) is 13.2. The molecule has 3 aromatic rings. The molecule has 1 aromatic heterocycles. The second kappa shape index (κ2) is 6.68. The van der Waals surface area contributed by atoms with Gasteiger partial charge in [-0.25, -0.2) is 0 Å². The summed E-state index contributed by atoms with van der Waals surface area (Å²) in [4.78, 5) is 4.49. The molecule has 0 saturated heterocycles. The monoisotopic (exact) mass is 351 g/mol. The maximum Gasteiger partial charge on any atom is 0.400 e. The first-order valence-corrected chi connectivity index (χ1v) is 7.98. The lowest BCUT2D eigenvalue weighted by Gasteiger charge is -2.03. The molecule has 1 radical (unpaired) electrons. The molecule has 0 saturated carbocycles. The SMILES string of the molecule is FC(F)(Cl)c1nc(-c2cc[c]c(SCc3ccccc3)c2)no1. The van der Waals surface area contributed by atoms with E-state index in [1.54, 1.807) is 30.0 Å². The number of rotatable bonds is 5. The van der Waals surface area contributed by atoms with Crippen molar-refractivity contribution in [1.82, 2.24) is 10.1 Å². The highest BCUT2D eigenvalue weighted by Gasteiger charge is 2.35. The first-order chi connectivity index (χ1) is 11.0. The summed E-state index contributed by atoms with van der Waals surface area (Å²) in [6, 6.07) is 18.2. The van der Waals surface area contributed by atoms with Crippen LogP contribution in [0, 0.1) is 6.07 Å². The smallest absolute Gasteiger partial charge is 0.331 e. The van der Waals surface area contributed by atoms with Crippen LogP contribution in [0.2, 0.25) is 0 Å². The van der Waals surface area contributed by atoms with Crippen molar-refractivity contribution in [1.29, 1.82) is 0 Å². The van der Waals surface area contributed by atoms with Crippen molar-refractivity contribution in [2.75, 3.05) is 0 Å². The van der Waals surface area contributed by atoms with Gasteiger partial charge in [0.05, 0.1) is 0 Å². The third kappa shape index (κ3) is 4.09. The molecule has 0 atom stereocenters. The van der Waals surface area contributed by atoms with Gasteiger partial charge < -0.3 is 4.52 Å². The second-order valence-corrected chi connectivity index (χ2v) is 6.13. The summed E-state index contributed by atoms with van der Waals surface area (Å²) < 4.78 is 30.4. The largest absolute Gasteiger partial charge is 0.400 e. The van der Waals surface area contributed by atoms with E-state index >= 15 is 0 Å². The third-order valence-corrected chi connectivity index (χ3v) is 4.13. The minimum atomic E-state index is -3.67. The average Bonchev–Trinajstić information content (AvgIpc) is 3.05. The number of benzene rings is 2. The first kappa shape index (κ1) is 16.0. The van der Waals surface area contributed by atoms with Gasteiger partial charge in [-0.1, -0.05) is 47.6 Å². The third-order valence-electron chi connectivity index (χ3n) is 2.94. The summed E-state index contributed by atoms with van der Waals surface area (Å²) in [6.07, 6.45) is 0. The number of nitrogens with zero attached hydrogens (tertiary/aromatic N) is 2. The standard InChI is InChI=1S/C16H10ClF2N2OS/c17-16(18,19)15-20-14(21-22-15)12-7-4-8-13(9-12)23-10-11-5-2-1-3-6-11/h1-7,9H,10H2. The topological polar surface area (TPSA) is 38.9 Å². The van der Waals surface area contributed by atoms with Gasteiger partial charge in [0.1, 0.15) is 0 Å². The van der Waals surface area contributed by atoms with Gasteiger partial charge in [0.25, 0.3) is 0 Å². The fourth-order valence-corrected chi connectivity index (χ4v) is 2.81. The molecule has 2 aromatic carbocycles. The van der Waals surface area contributed by atoms with Crippen LogP contribution in [0.1, 0.15) is 11.5 Å². The lowest BCUT2D eigenvalue weighted by atomic mass is 10.2. The highest BCUT2D eigenvalue weighted by Crippen LogP contribution is 2.33. The molecule has 0 aliphatic carbocycles. The molecule has 0 aliphatic rings. The van der Waals surface area contributed by atoms with Gasteiger partial charge in [0, 0.05) is 16.2 Å². The molecule has 3 nitrogen and oxygen atoms in total. The van der Waals surface area contributed by atoms with Gasteiger partial charge in [-0.15, -0.1) is 11.8 Å². The molecule has 23 heavy (non-hydrogen) atoms. The number of thioether (sulfide) groups is 1. The molecular formula is C16H10ClF2N2OS. The summed E-state index contributed by atoms with van der Waals surface area (Å²) >= 11 is 6.45. The Hall–Kier alpha value is -1.92. The summed E-state index contributed by atoms with van der Waals surface area (Å²) in [5, 5.41) is -0.131. The Morgan fingerprint density at radius 3 is 2.70 bits per heavy atom. The molecule has 1 heterocycles. The Balaban J connectivity index is 1.76. The molecule has 0 amide bonds. The zero-order valence-electron chi connectivity index (χ0n) is 11.7. The minimum Gasteiger partial charge on any atom is -0.331 e. The van der Waals surface area contributed by atoms with E-state index in [0.29, 0.717) is 5.56 Å². The van der Waals surface area contributed by atoms with Crippen molar-refractivity contribution in [3.05, 3.63) is 66.1 Å². The molecule has 0 spiro atoms. The number of alkyl halides is 3. The predicted molar refractivity (Wildman–Crippen MR) is 84.3 cm³/mol. The van der Waals surface area contributed by atoms with Crippen LogP contribution in [0.15, 0.2) is 57.9 Å². The molecule has 0 bridgehead atoms. The van der Waals surface area contributed by atoms with Gasteiger partial charge in [-0.05, 0) is 29.3 Å². The van der Waals surface area contributed by atoms with E-state index in [0.717, 1.165) is 10.6 Å². The van der Waals surface area contributed by atoms with Gasteiger partial charge >= 0.3 is 11.3 Å². The molecular weight excluding hydrogens is 342 g/mol. The molecule has 0 unspecified atom stereocenters. The Bertz CT molecular complexity index is 790. The molecule has 3 rings (SSSR count). The van der Waals surface area contributed by atoms with E-state index in [9.17, 15) is 8.78 Å². The Kier molecular flexibility index (Phi) is 4.63. The van der Waals surface area contributed by atoms with Crippen LogP contribution >= 0.6 is 23.4 Å². The van der Waals surface area contributed by atoms with Crippen LogP contribution < -0.4 is 0 Å². The summed E-state index contributed by atoms with van der Waals surface area (Å²) in [7, 11) is 0. The van der Waals surface area contributed by atoms with E-state index in [-0.39, 0.29) is 5.82 Å². The fraction of sp³-hybridized carbons (Fsp3) is 0.125. The number of hydrogen-bond donors (Lipinski definition) is 0. The minimum absolute atomic E-state index is 0.0656. The molecule has 7 heteroatoms. The lowest BCUT2D eigenvalue weighted by Crippen LogP contribution is -2.03. The van der Waals surface area contributed by atoms with Gasteiger partial charge in [-0.3, -0.25) is 0 Å². The van der Waals surface area contributed by atoms with E-state index < -0.39 is 11.3 Å². The van der Waals surface area contributed by atoms with Crippen molar-refractivity contribution >= 4 is 23.4 Å². The van der Waals surface area contributed by atoms with Crippen LogP contribution in [-0.4, -0.2) is 10.1 Å². The molecule has 0 fully saturated rings. The molecule has 0 aliphatic heterocycles. The molecule has 0 N–H and O–H groups in total. The maximum atomic E-state index is 12.9. The van der Waals surface area contributed by atoms with Gasteiger partial charge in [-0.2, -0.15) is 13.8 Å². The maximum absolute atomic E-state index is 12.9. The van der Waals surface area contributed by atoms with Gasteiger partial charge in [0.2, 0.25) is 5.82 Å². The fourth-order valence-electron chi connectivity index (χ4n) is 1.86. The number of halogens is 3. The van der Waals surface area contributed by atoms with Crippen LogP contribution in [0.25, 0.3) is 11.4 Å². The van der Waals surface area contributed by atoms with Crippen molar-refractivity contribution in [3.63, 3.8) is 0 Å². The van der Waals surface area contributed by atoms with Crippen molar-refractivity contribution in [2.45, 2.75) is 16.0 Å². The van der Waals surface area contributed by atoms with E-state index in [1.165, 1.54) is 5.56 Å². The number of hydrogen-bond acceptors (Lipinski definition) is 4. The Morgan fingerprint density at radius 2 is 2.00 bits per heavy atom. The Labute approximate surface area is 140 Å². The summed E-state index contributed by atoms with van der Waals surface area (Å²) in [6.45, 7) is 0. The van der Waals surface area contributed by atoms with E-state index in [2.05, 4.69) is 20.7 Å². The highest BCUT2D eigenvalue weighted by molar-refractivity contribution is 7.98. The molecule has 117 valence electrons.